The van der Waals surface area contributed by atoms with Gasteiger partial charge in [-0.2, -0.15) is 11.8 Å². The summed E-state index contributed by atoms with van der Waals surface area (Å²) in [6.45, 7) is 0.758. The zero-order valence-electron chi connectivity index (χ0n) is 9.01. The second-order valence-corrected chi connectivity index (χ2v) is 5.15. The minimum atomic E-state index is -0.513. The zero-order valence-corrected chi connectivity index (χ0v) is 9.83. The normalized spacial score (nSPS) is 20.2. The molecule has 4 heteroatoms. The summed E-state index contributed by atoms with van der Waals surface area (Å²) in [4.78, 5) is 0. The molecule has 1 aliphatic heterocycles. The lowest BCUT2D eigenvalue weighted by Gasteiger charge is -2.11. The molecule has 16 heavy (non-hydrogen) atoms. The summed E-state index contributed by atoms with van der Waals surface area (Å²) >= 11 is 1.95. The van der Waals surface area contributed by atoms with E-state index in [-0.39, 0.29) is 0 Å². The Morgan fingerprint density at radius 3 is 2.94 bits per heavy atom. The highest BCUT2D eigenvalue weighted by molar-refractivity contribution is 7.99. The van der Waals surface area contributed by atoms with Gasteiger partial charge in [0.25, 0.3) is 0 Å². The lowest BCUT2D eigenvalue weighted by atomic mass is 10.1. The van der Waals surface area contributed by atoms with Crippen LogP contribution in [0.4, 0.5) is 8.78 Å². The number of halogens is 2. The van der Waals surface area contributed by atoms with Crippen LogP contribution in [0.3, 0.4) is 0 Å². The van der Waals surface area contributed by atoms with Crippen LogP contribution in [0.5, 0.6) is 0 Å². The van der Waals surface area contributed by atoms with E-state index in [1.807, 2.05) is 11.8 Å². The molecule has 0 spiro atoms. The van der Waals surface area contributed by atoms with Crippen molar-refractivity contribution in [1.82, 2.24) is 5.32 Å². The maximum atomic E-state index is 13.3. The molecule has 1 nitrogen and oxygen atoms in total. The van der Waals surface area contributed by atoms with Crippen molar-refractivity contribution >= 4 is 11.8 Å². The van der Waals surface area contributed by atoms with E-state index in [1.165, 1.54) is 24.3 Å². The minimum absolute atomic E-state index is 0.442. The molecular formula is C12H15F2NS. The molecule has 1 heterocycles. The van der Waals surface area contributed by atoms with E-state index in [0.29, 0.717) is 18.0 Å². The molecule has 0 radical (unpaired) electrons. The van der Waals surface area contributed by atoms with Crippen LogP contribution in [-0.2, 0) is 6.42 Å². The predicted molar refractivity (Wildman–Crippen MR) is 63.8 cm³/mol. The summed E-state index contributed by atoms with van der Waals surface area (Å²) in [7, 11) is 0. The SMILES string of the molecule is Fc1ccc(CCN[C@@H]2CCSC2)c(F)c1. The van der Waals surface area contributed by atoms with Crippen molar-refractivity contribution in [2.75, 3.05) is 18.1 Å². The largest absolute Gasteiger partial charge is 0.313 e. The van der Waals surface area contributed by atoms with E-state index < -0.39 is 11.6 Å². The smallest absolute Gasteiger partial charge is 0.129 e. The lowest BCUT2D eigenvalue weighted by molar-refractivity contribution is 0.541. The minimum Gasteiger partial charge on any atom is -0.313 e. The Morgan fingerprint density at radius 1 is 1.38 bits per heavy atom. The third-order valence-electron chi connectivity index (χ3n) is 2.77. The molecule has 1 aromatic rings. The molecule has 0 bridgehead atoms. The monoisotopic (exact) mass is 243 g/mol. The first-order valence-corrected chi connectivity index (χ1v) is 6.66. The summed E-state index contributed by atoms with van der Waals surface area (Å²) in [5, 5.41) is 3.39. The molecule has 0 aliphatic carbocycles. The standard InChI is InChI=1S/C12H15F2NS/c13-10-2-1-9(12(14)7-10)3-5-15-11-4-6-16-8-11/h1-2,7,11,15H,3-6,8H2/t11-/m1/s1. The first kappa shape index (κ1) is 11.9. The number of hydrogen-bond acceptors (Lipinski definition) is 2. The summed E-state index contributed by atoms with van der Waals surface area (Å²) in [5.41, 5.74) is 0.583. The third kappa shape index (κ3) is 3.19. The summed E-state index contributed by atoms with van der Waals surface area (Å²) in [6.07, 6.45) is 1.81. The van der Waals surface area contributed by atoms with Crippen LogP contribution in [-0.4, -0.2) is 24.1 Å². The molecule has 2 rings (SSSR count). The van der Waals surface area contributed by atoms with Crippen molar-refractivity contribution in [3.05, 3.63) is 35.4 Å². The average molecular weight is 243 g/mol. The molecule has 1 saturated heterocycles. The van der Waals surface area contributed by atoms with Crippen LogP contribution in [0.1, 0.15) is 12.0 Å². The predicted octanol–water partition coefficient (Wildman–Crippen LogP) is 2.60. The van der Waals surface area contributed by atoms with E-state index in [1.54, 1.807) is 0 Å². The van der Waals surface area contributed by atoms with Crippen molar-refractivity contribution in [3.63, 3.8) is 0 Å². The van der Waals surface area contributed by atoms with Gasteiger partial charge in [0.15, 0.2) is 0 Å². The Morgan fingerprint density at radius 2 is 2.25 bits per heavy atom. The van der Waals surface area contributed by atoms with E-state index in [2.05, 4.69) is 5.32 Å². The van der Waals surface area contributed by atoms with Gasteiger partial charge in [0.05, 0.1) is 0 Å². The second kappa shape index (κ2) is 5.64. The van der Waals surface area contributed by atoms with Crippen molar-refractivity contribution in [2.45, 2.75) is 18.9 Å². The first-order valence-electron chi connectivity index (χ1n) is 5.51. The number of benzene rings is 1. The summed E-state index contributed by atoms with van der Waals surface area (Å²) < 4.78 is 25.9. The van der Waals surface area contributed by atoms with Gasteiger partial charge in [0, 0.05) is 17.9 Å². The maximum Gasteiger partial charge on any atom is 0.129 e. The highest BCUT2D eigenvalue weighted by Crippen LogP contribution is 2.17. The van der Waals surface area contributed by atoms with Crippen LogP contribution in [0.15, 0.2) is 18.2 Å². The van der Waals surface area contributed by atoms with Gasteiger partial charge in [-0.3, -0.25) is 0 Å². The summed E-state index contributed by atoms with van der Waals surface area (Å²) in [5.74, 6) is 1.40. The van der Waals surface area contributed by atoms with Crippen LogP contribution < -0.4 is 5.32 Å². The van der Waals surface area contributed by atoms with Gasteiger partial charge >= 0.3 is 0 Å². The Hall–Kier alpha value is -0.610. The Balaban J connectivity index is 1.80. The fraction of sp³-hybridized carbons (Fsp3) is 0.500. The van der Waals surface area contributed by atoms with Gasteiger partial charge in [0.2, 0.25) is 0 Å². The number of thioether (sulfide) groups is 1. The van der Waals surface area contributed by atoms with Crippen LogP contribution in [0.2, 0.25) is 0 Å². The Bertz CT molecular complexity index is 351. The fourth-order valence-electron chi connectivity index (χ4n) is 1.83. The van der Waals surface area contributed by atoms with Crippen molar-refractivity contribution in [1.29, 1.82) is 0 Å². The maximum absolute atomic E-state index is 13.3. The van der Waals surface area contributed by atoms with Crippen LogP contribution >= 0.6 is 11.8 Å². The fourth-order valence-corrected chi connectivity index (χ4v) is 3.02. The molecule has 88 valence electrons. The van der Waals surface area contributed by atoms with Crippen LogP contribution in [0, 0.1) is 11.6 Å². The van der Waals surface area contributed by atoms with Gasteiger partial charge in [-0.05, 0) is 36.8 Å². The summed E-state index contributed by atoms with van der Waals surface area (Å²) in [6, 6.07) is 4.34. The van der Waals surface area contributed by atoms with Crippen molar-refractivity contribution in [3.8, 4) is 0 Å². The van der Waals surface area contributed by atoms with E-state index in [4.69, 9.17) is 0 Å². The molecule has 1 atom stereocenters. The highest BCUT2D eigenvalue weighted by Gasteiger charge is 2.14. The topological polar surface area (TPSA) is 12.0 Å². The molecule has 0 aromatic heterocycles. The molecule has 0 unspecified atom stereocenters. The Labute approximate surface area is 98.6 Å². The molecule has 0 amide bonds. The number of nitrogens with one attached hydrogen (secondary N) is 1. The van der Waals surface area contributed by atoms with Gasteiger partial charge in [-0.1, -0.05) is 6.07 Å². The molecular weight excluding hydrogens is 228 g/mol. The zero-order chi connectivity index (χ0) is 11.4. The van der Waals surface area contributed by atoms with Crippen molar-refractivity contribution in [2.24, 2.45) is 0 Å². The molecule has 0 saturated carbocycles. The van der Waals surface area contributed by atoms with Gasteiger partial charge in [0.1, 0.15) is 11.6 Å². The molecule has 1 aliphatic rings. The van der Waals surface area contributed by atoms with Crippen molar-refractivity contribution < 1.29 is 8.78 Å². The molecule has 1 N–H and O–H groups in total. The third-order valence-corrected chi connectivity index (χ3v) is 3.93. The lowest BCUT2D eigenvalue weighted by Crippen LogP contribution is -2.30. The van der Waals surface area contributed by atoms with Gasteiger partial charge in [-0.15, -0.1) is 0 Å². The first-order chi connectivity index (χ1) is 7.75. The highest BCUT2D eigenvalue weighted by atomic mass is 32.2. The van der Waals surface area contributed by atoms with Crippen LogP contribution in [0.25, 0.3) is 0 Å². The molecule has 1 fully saturated rings. The van der Waals surface area contributed by atoms with E-state index >= 15 is 0 Å². The average Bonchev–Trinajstić information content (AvgIpc) is 2.74. The second-order valence-electron chi connectivity index (χ2n) is 4.00. The number of rotatable bonds is 4. The number of hydrogen-bond donors (Lipinski definition) is 1. The van der Waals surface area contributed by atoms with Gasteiger partial charge in [-0.25, -0.2) is 8.78 Å². The molecule has 1 aromatic carbocycles. The quantitative estimate of drug-likeness (QED) is 0.872. The van der Waals surface area contributed by atoms with E-state index in [0.717, 1.165) is 18.4 Å². The van der Waals surface area contributed by atoms with E-state index in [9.17, 15) is 8.78 Å². The van der Waals surface area contributed by atoms with Gasteiger partial charge < -0.3 is 5.32 Å². The Kier molecular flexibility index (Phi) is 4.18.